The summed E-state index contributed by atoms with van der Waals surface area (Å²) in [5.41, 5.74) is 2.49. The summed E-state index contributed by atoms with van der Waals surface area (Å²) >= 11 is 1.71. The average molecular weight is 286 g/mol. The summed E-state index contributed by atoms with van der Waals surface area (Å²) in [5.74, 6) is 0.885. The van der Waals surface area contributed by atoms with Crippen LogP contribution in [0.15, 0.2) is 30.6 Å². The summed E-state index contributed by atoms with van der Waals surface area (Å²) < 4.78 is 7.29. The molecule has 4 rings (SSSR count). The van der Waals surface area contributed by atoms with Crippen molar-refractivity contribution in [2.45, 2.75) is 12.5 Å². The summed E-state index contributed by atoms with van der Waals surface area (Å²) in [6.07, 6.45) is 2.61. The molecule has 0 saturated heterocycles. The Bertz CT molecular complexity index is 763. The van der Waals surface area contributed by atoms with E-state index in [1.54, 1.807) is 24.8 Å². The predicted octanol–water partition coefficient (Wildman–Crippen LogP) is 2.03. The molecule has 6 heteroatoms. The highest BCUT2D eigenvalue weighted by atomic mass is 32.1. The van der Waals surface area contributed by atoms with Crippen molar-refractivity contribution in [1.29, 1.82) is 0 Å². The maximum absolute atomic E-state index is 5.32. The molecule has 1 atom stereocenters. The van der Waals surface area contributed by atoms with E-state index in [9.17, 15) is 0 Å². The number of aromatic nitrogens is 3. The van der Waals surface area contributed by atoms with Crippen LogP contribution in [0.1, 0.15) is 22.2 Å². The molecule has 0 aliphatic carbocycles. The molecule has 2 aromatic heterocycles. The molecule has 1 aliphatic heterocycles. The van der Waals surface area contributed by atoms with Gasteiger partial charge in [-0.15, -0.1) is 0 Å². The zero-order chi connectivity index (χ0) is 13.5. The van der Waals surface area contributed by atoms with E-state index in [4.69, 9.17) is 4.74 Å². The van der Waals surface area contributed by atoms with Crippen molar-refractivity contribution in [2.24, 2.45) is 0 Å². The molecule has 1 unspecified atom stereocenters. The van der Waals surface area contributed by atoms with E-state index in [1.807, 2.05) is 16.6 Å². The third kappa shape index (κ3) is 1.72. The van der Waals surface area contributed by atoms with Gasteiger partial charge in [-0.05, 0) is 17.7 Å². The van der Waals surface area contributed by atoms with Crippen molar-refractivity contribution in [3.8, 4) is 5.75 Å². The molecular weight excluding hydrogens is 272 g/mol. The van der Waals surface area contributed by atoms with Crippen LogP contribution in [0, 0.1) is 0 Å². The molecule has 3 heterocycles. The summed E-state index contributed by atoms with van der Waals surface area (Å²) in [6, 6.07) is 8.41. The first-order chi connectivity index (χ1) is 9.86. The molecule has 0 amide bonds. The van der Waals surface area contributed by atoms with Crippen LogP contribution in [0.4, 0.5) is 0 Å². The molecular formula is C14H14N4OS. The third-order valence-corrected chi connectivity index (χ3v) is 4.81. The number of fused-ring (bicyclic) bond motifs is 3. The number of nitrogens with zero attached hydrogens (tertiary/aromatic N) is 3. The first-order valence-corrected chi connectivity index (χ1v) is 7.37. The number of hydrogen-bond donors (Lipinski definition) is 1. The van der Waals surface area contributed by atoms with Gasteiger partial charge in [-0.1, -0.05) is 23.5 Å². The number of nitrogens with one attached hydrogen (secondary N) is 1. The van der Waals surface area contributed by atoms with Gasteiger partial charge < -0.3 is 10.1 Å². The third-order valence-electron chi connectivity index (χ3n) is 3.66. The van der Waals surface area contributed by atoms with E-state index in [1.165, 1.54) is 16.1 Å². The van der Waals surface area contributed by atoms with Gasteiger partial charge in [-0.25, -0.2) is 9.50 Å². The quantitative estimate of drug-likeness (QED) is 0.783. The summed E-state index contributed by atoms with van der Waals surface area (Å²) in [6.45, 7) is 0.945. The molecule has 5 nitrogen and oxygen atoms in total. The van der Waals surface area contributed by atoms with E-state index >= 15 is 0 Å². The largest absolute Gasteiger partial charge is 0.497 e. The molecule has 20 heavy (non-hydrogen) atoms. The molecule has 0 spiro atoms. The smallest absolute Gasteiger partial charge is 0.212 e. The number of benzene rings is 1. The monoisotopic (exact) mass is 286 g/mol. The molecule has 0 bridgehead atoms. The summed E-state index contributed by atoms with van der Waals surface area (Å²) in [5, 5.41) is 7.90. The van der Waals surface area contributed by atoms with Gasteiger partial charge in [-0.3, -0.25) is 0 Å². The fourth-order valence-electron chi connectivity index (χ4n) is 2.72. The lowest BCUT2D eigenvalue weighted by atomic mass is 10.00. The SMILES string of the molecule is COc1cccc(C2NCCc3c2sc2ncnn32)c1. The van der Waals surface area contributed by atoms with Gasteiger partial charge in [0.1, 0.15) is 12.1 Å². The minimum absolute atomic E-state index is 0.197. The Labute approximate surface area is 120 Å². The maximum atomic E-state index is 5.32. The molecule has 0 fully saturated rings. The fraction of sp³-hybridized carbons (Fsp3) is 0.286. The summed E-state index contributed by atoms with van der Waals surface area (Å²) in [7, 11) is 1.70. The lowest BCUT2D eigenvalue weighted by Gasteiger charge is -2.24. The van der Waals surface area contributed by atoms with Gasteiger partial charge in [-0.2, -0.15) is 5.10 Å². The van der Waals surface area contributed by atoms with Gasteiger partial charge in [0.25, 0.3) is 0 Å². The average Bonchev–Trinajstić information content (AvgIpc) is 3.07. The highest BCUT2D eigenvalue weighted by molar-refractivity contribution is 7.17. The Morgan fingerprint density at radius 1 is 1.45 bits per heavy atom. The highest BCUT2D eigenvalue weighted by Gasteiger charge is 2.27. The van der Waals surface area contributed by atoms with Gasteiger partial charge >= 0.3 is 0 Å². The van der Waals surface area contributed by atoms with Crippen LogP contribution in [-0.4, -0.2) is 28.3 Å². The fourth-order valence-corrected chi connectivity index (χ4v) is 3.90. The molecule has 1 aliphatic rings. The zero-order valence-corrected chi connectivity index (χ0v) is 11.9. The van der Waals surface area contributed by atoms with E-state index in [2.05, 4.69) is 27.5 Å². The van der Waals surface area contributed by atoms with Crippen LogP contribution in [0.2, 0.25) is 0 Å². The molecule has 0 radical (unpaired) electrons. The van der Waals surface area contributed by atoms with E-state index in [-0.39, 0.29) is 6.04 Å². The van der Waals surface area contributed by atoms with Crippen molar-refractivity contribution >= 4 is 16.3 Å². The Morgan fingerprint density at radius 2 is 2.40 bits per heavy atom. The Kier molecular flexibility index (Phi) is 2.71. The van der Waals surface area contributed by atoms with Crippen LogP contribution >= 0.6 is 11.3 Å². The first-order valence-electron chi connectivity index (χ1n) is 6.55. The Morgan fingerprint density at radius 3 is 3.30 bits per heavy atom. The number of rotatable bonds is 2. The molecule has 0 saturated carbocycles. The number of methoxy groups -OCH3 is 1. The van der Waals surface area contributed by atoms with Crippen molar-refractivity contribution in [1.82, 2.24) is 19.9 Å². The van der Waals surface area contributed by atoms with E-state index in [0.717, 1.165) is 23.7 Å². The lowest BCUT2D eigenvalue weighted by molar-refractivity contribution is 0.413. The van der Waals surface area contributed by atoms with Gasteiger partial charge in [0.05, 0.1) is 23.7 Å². The van der Waals surface area contributed by atoms with E-state index in [0.29, 0.717) is 0 Å². The van der Waals surface area contributed by atoms with Gasteiger partial charge in [0.2, 0.25) is 4.96 Å². The Hall–Kier alpha value is -1.92. The second-order valence-corrected chi connectivity index (χ2v) is 5.79. The minimum Gasteiger partial charge on any atom is -0.497 e. The van der Waals surface area contributed by atoms with Crippen LogP contribution < -0.4 is 10.1 Å². The topological polar surface area (TPSA) is 51.5 Å². The molecule has 1 aromatic carbocycles. The molecule has 102 valence electrons. The van der Waals surface area contributed by atoms with Crippen LogP contribution in [0.5, 0.6) is 5.75 Å². The molecule has 1 N–H and O–H groups in total. The van der Waals surface area contributed by atoms with Crippen molar-refractivity contribution in [3.05, 3.63) is 46.7 Å². The van der Waals surface area contributed by atoms with Crippen LogP contribution in [-0.2, 0) is 6.42 Å². The molecule has 3 aromatic rings. The summed E-state index contributed by atoms with van der Waals surface area (Å²) in [4.78, 5) is 6.57. The number of ether oxygens (including phenoxy) is 1. The standard InChI is InChI=1S/C14H14N4OS/c1-19-10-4-2-3-9(7-10)12-13-11(5-6-15-12)18-14(20-13)16-8-17-18/h2-4,7-8,12,15H,5-6H2,1H3. The minimum atomic E-state index is 0.197. The van der Waals surface area contributed by atoms with Crippen molar-refractivity contribution < 1.29 is 4.74 Å². The van der Waals surface area contributed by atoms with Crippen LogP contribution in [0.3, 0.4) is 0 Å². The second-order valence-electron chi connectivity index (χ2n) is 4.78. The maximum Gasteiger partial charge on any atom is 0.212 e. The van der Waals surface area contributed by atoms with Crippen molar-refractivity contribution in [3.63, 3.8) is 0 Å². The highest BCUT2D eigenvalue weighted by Crippen LogP contribution is 2.35. The second kappa shape index (κ2) is 4.57. The predicted molar refractivity (Wildman–Crippen MR) is 77.4 cm³/mol. The van der Waals surface area contributed by atoms with E-state index < -0.39 is 0 Å². The van der Waals surface area contributed by atoms with Crippen molar-refractivity contribution in [2.75, 3.05) is 13.7 Å². The van der Waals surface area contributed by atoms with Gasteiger partial charge in [0.15, 0.2) is 0 Å². The zero-order valence-electron chi connectivity index (χ0n) is 11.0. The van der Waals surface area contributed by atoms with Gasteiger partial charge in [0, 0.05) is 13.0 Å². The first kappa shape index (κ1) is 11.9. The normalized spacial score (nSPS) is 18.1. The number of hydrogen-bond acceptors (Lipinski definition) is 5. The van der Waals surface area contributed by atoms with Crippen LogP contribution in [0.25, 0.3) is 4.96 Å². The number of thiazole rings is 1. The Balaban J connectivity index is 1.84. The lowest BCUT2D eigenvalue weighted by Crippen LogP contribution is -2.30.